The minimum Gasteiger partial charge on any atom is -0.276 e. The molecule has 2 rings (SSSR count). The van der Waals surface area contributed by atoms with E-state index in [0.717, 1.165) is 16.3 Å². The van der Waals surface area contributed by atoms with Crippen LogP contribution in [0.5, 0.6) is 0 Å². The van der Waals surface area contributed by atoms with Crippen molar-refractivity contribution >= 4 is 28.2 Å². The van der Waals surface area contributed by atoms with Crippen molar-refractivity contribution in [1.29, 1.82) is 0 Å². The standard InChI is InChI=1S/C11H8ClNOS/c1-7-13-10(6-15-7)8-3-2-4-9(5-8)11(12)14/h2-6H,1H3. The number of nitrogens with zero attached hydrogens (tertiary/aromatic N) is 1. The second-order valence-corrected chi connectivity index (χ2v) is 4.51. The van der Waals surface area contributed by atoms with Gasteiger partial charge in [0.2, 0.25) is 0 Å². The zero-order valence-corrected chi connectivity index (χ0v) is 9.60. The third kappa shape index (κ3) is 2.25. The maximum Gasteiger partial charge on any atom is 0.252 e. The van der Waals surface area contributed by atoms with Gasteiger partial charge in [-0.3, -0.25) is 4.79 Å². The molecule has 0 spiro atoms. The van der Waals surface area contributed by atoms with Crippen molar-refractivity contribution in [3.63, 3.8) is 0 Å². The molecule has 0 saturated carbocycles. The first-order valence-electron chi connectivity index (χ1n) is 4.39. The van der Waals surface area contributed by atoms with Gasteiger partial charge in [-0.25, -0.2) is 4.98 Å². The first-order valence-corrected chi connectivity index (χ1v) is 5.65. The molecule has 0 saturated heterocycles. The van der Waals surface area contributed by atoms with Crippen LogP contribution >= 0.6 is 22.9 Å². The van der Waals surface area contributed by atoms with E-state index in [1.54, 1.807) is 29.5 Å². The molecule has 1 aromatic heterocycles. The summed E-state index contributed by atoms with van der Waals surface area (Å²) in [5, 5.41) is 2.53. The number of carbonyl (C=O) groups excluding carboxylic acids is 1. The van der Waals surface area contributed by atoms with Gasteiger partial charge in [-0.2, -0.15) is 0 Å². The van der Waals surface area contributed by atoms with E-state index in [2.05, 4.69) is 4.98 Å². The number of rotatable bonds is 2. The molecular weight excluding hydrogens is 230 g/mol. The monoisotopic (exact) mass is 237 g/mol. The fourth-order valence-electron chi connectivity index (χ4n) is 1.30. The Bertz CT molecular complexity index is 507. The molecule has 15 heavy (non-hydrogen) atoms. The minimum absolute atomic E-state index is 0.441. The predicted molar refractivity (Wildman–Crippen MR) is 62.5 cm³/mol. The zero-order valence-electron chi connectivity index (χ0n) is 8.03. The summed E-state index contributed by atoms with van der Waals surface area (Å²) in [6.07, 6.45) is 0. The first kappa shape index (κ1) is 10.3. The quantitative estimate of drug-likeness (QED) is 0.749. The van der Waals surface area contributed by atoms with Crippen LogP contribution in [0.3, 0.4) is 0 Å². The fourth-order valence-corrected chi connectivity index (χ4v) is 2.04. The third-order valence-electron chi connectivity index (χ3n) is 2.00. The molecule has 0 unspecified atom stereocenters. The van der Waals surface area contributed by atoms with Crippen LogP contribution in [-0.2, 0) is 0 Å². The number of thiazole rings is 1. The molecule has 0 fully saturated rings. The Kier molecular flexibility index (Phi) is 2.84. The highest BCUT2D eigenvalue weighted by molar-refractivity contribution is 7.09. The molecule has 0 aliphatic rings. The summed E-state index contributed by atoms with van der Waals surface area (Å²) in [6, 6.07) is 7.17. The van der Waals surface area contributed by atoms with Gasteiger partial charge in [-0.05, 0) is 24.6 Å². The average Bonchev–Trinajstić information content (AvgIpc) is 2.65. The molecule has 1 aromatic carbocycles. The Morgan fingerprint density at radius 2 is 2.27 bits per heavy atom. The molecule has 0 aliphatic heterocycles. The lowest BCUT2D eigenvalue weighted by atomic mass is 10.1. The number of carbonyl (C=O) groups is 1. The Morgan fingerprint density at radius 3 is 2.87 bits per heavy atom. The molecule has 2 nitrogen and oxygen atoms in total. The van der Waals surface area contributed by atoms with Crippen molar-refractivity contribution in [1.82, 2.24) is 4.98 Å². The van der Waals surface area contributed by atoms with Crippen LogP contribution in [0.4, 0.5) is 0 Å². The largest absolute Gasteiger partial charge is 0.276 e. The lowest BCUT2D eigenvalue weighted by Crippen LogP contribution is -1.88. The van der Waals surface area contributed by atoms with Crippen molar-refractivity contribution in [3.8, 4) is 11.3 Å². The van der Waals surface area contributed by atoms with Crippen LogP contribution in [0.1, 0.15) is 15.4 Å². The molecule has 0 radical (unpaired) electrons. The third-order valence-corrected chi connectivity index (χ3v) is 3.00. The molecule has 4 heteroatoms. The van der Waals surface area contributed by atoms with Gasteiger partial charge < -0.3 is 0 Å². The summed E-state index contributed by atoms with van der Waals surface area (Å²) in [5.41, 5.74) is 2.31. The smallest absolute Gasteiger partial charge is 0.252 e. The van der Waals surface area contributed by atoms with E-state index in [1.165, 1.54) is 0 Å². The van der Waals surface area contributed by atoms with Gasteiger partial charge >= 0.3 is 0 Å². The molecule has 2 aromatic rings. The van der Waals surface area contributed by atoms with Gasteiger partial charge in [0, 0.05) is 16.5 Å². The Morgan fingerprint density at radius 1 is 1.47 bits per heavy atom. The second-order valence-electron chi connectivity index (χ2n) is 3.11. The number of hydrogen-bond acceptors (Lipinski definition) is 3. The maximum absolute atomic E-state index is 11.0. The Balaban J connectivity index is 2.45. The highest BCUT2D eigenvalue weighted by atomic mass is 35.5. The maximum atomic E-state index is 11.0. The van der Waals surface area contributed by atoms with Crippen LogP contribution in [0.15, 0.2) is 29.6 Å². The van der Waals surface area contributed by atoms with Crippen LogP contribution in [0, 0.1) is 6.92 Å². The number of aromatic nitrogens is 1. The lowest BCUT2D eigenvalue weighted by molar-refractivity contribution is 0.108. The molecule has 0 bridgehead atoms. The first-order chi connectivity index (χ1) is 7.16. The van der Waals surface area contributed by atoms with E-state index in [4.69, 9.17) is 11.6 Å². The summed E-state index contributed by atoms with van der Waals surface area (Å²) in [5.74, 6) is 0. The fraction of sp³-hybridized carbons (Fsp3) is 0.0909. The second kappa shape index (κ2) is 4.13. The highest BCUT2D eigenvalue weighted by Crippen LogP contribution is 2.22. The van der Waals surface area contributed by atoms with Gasteiger partial charge in [0.25, 0.3) is 5.24 Å². The summed E-state index contributed by atoms with van der Waals surface area (Å²) in [6.45, 7) is 1.95. The zero-order chi connectivity index (χ0) is 10.8. The molecule has 76 valence electrons. The predicted octanol–water partition coefficient (Wildman–Crippen LogP) is 3.50. The summed E-state index contributed by atoms with van der Waals surface area (Å²) in [4.78, 5) is 15.3. The number of halogens is 1. The summed E-state index contributed by atoms with van der Waals surface area (Å²) in [7, 11) is 0. The van der Waals surface area contributed by atoms with Gasteiger partial charge in [0.15, 0.2) is 0 Å². The van der Waals surface area contributed by atoms with E-state index < -0.39 is 5.24 Å². The van der Waals surface area contributed by atoms with Gasteiger partial charge in [0.05, 0.1) is 10.7 Å². The summed E-state index contributed by atoms with van der Waals surface area (Å²) >= 11 is 7.00. The van der Waals surface area contributed by atoms with Crippen molar-refractivity contribution in [2.45, 2.75) is 6.92 Å². The highest BCUT2D eigenvalue weighted by Gasteiger charge is 2.05. The van der Waals surface area contributed by atoms with E-state index in [-0.39, 0.29) is 0 Å². The molecular formula is C11H8ClNOS. The van der Waals surface area contributed by atoms with E-state index in [0.29, 0.717) is 5.56 Å². The van der Waals surface area contributed by atoms with Crippen LogP contribution < -0.4 is 0 Å². The number of aryl methyl sites for hydroxylation is 1. The molecule has 0 atom stereocenters. The van der Waals surface area contributed by atoms with Crippen LogP contribution in [0.2, 0.25) is 0 Å². The number of hydrogen-bond donors (Lipinski definition) is 0. The minimum atomic E-state index is -0.441. The molecule has 1 heterocycles. The van der Waals surface area contributed by atoms with Crippen molar-refractivity contribution in [3.05, 3.63) is 40.2 Å². The van der Waals surface area contributed by atoms with Gasteiger partial charge in [-0.1, -0.05) is 18.2 Å². The van der Waals surface area contributed by atoms with E-state index in [9.17, 15) is 4.79 Å². The van der Waals surface area contributed by atoms with Crippen molar-refractivity contribution < 1.29 is 4.79 Å². The Labute approximate surface area is 96.5 Å². The number of benzene rings is 1. The van der Waals surface area contributed by atoms with Crippen molar-refractivity contribution in [2.24, 2.45) is 0 Å². The summed E-state index contributed by atoms with van der Waals surface area (Å²) < 4.78 is 0. The van der Waals surface area contributed by atoms with Gasteiger partial charge in [0.1, 0.15) is 0 Å². The van der Waals surface area contributed by atoms with Crippen LogP contribution in [0.25, 0.3) is 11.3 Å². The topological polar surface area (TPSA) is 30.0 Å². The van der Waals surface area contributed by atoms with E-state index >= 15 is 0 Å². The molecule has 0 N–H and O–H groups in total. The lowest BCUT2D eigenvalue weighted by Gasteiger charge is -1.98. The molecule has 0 aliphatic carbocycles. The SMILES string of the molecule is Cc1nc(-c2cccc(C(=O)Cl)c2)cs1. The average molecular weight is 238 g/mol. The normalized spacial score (nSPS) is 10.3. The van der Waals surface area contributed by atoms with Crippen LogP contribution in [-0.4, -0.2) is 10.2 Å². The van der Waals surface area contributed by atoms with Gasteiger partial charge in [-0.15, -0.1) is 11.3 Å². The van der Waals surface area contributed by atoms with E-state index in [1.807, 2.05) is 18.4 Å². The Hall–Kier alpha value is -1.19. The molecule has 0 amide bonds. The van der Waals surface area contributed by atoms with Crippen molar-refractivity contribution in [2.75, 3.05) is 0 Å².